The van der Waals surface area contributed by atoms with Crippen LogP contribution in [0.15, 0.2) is 18.2 Å². The lowest BCUT2D eigenvalue weighted by Crippen LogP contribution is -2.51. The summed E-state index contributed by atoms with van der Waals surface area (Å²) < 4.78 is 16.5. The molecule has 0 spiro atoms. The summed E-state index contributed by atoms with van der Waals surface area (Å²) in [4.78, 5) is 28.7. The first-order valence-corrected chi connectivity index (χ1v) is 9.39. The topological polar surface area (TPSA) is 68.3 Å². The van der Waals surface area contributed by atoms with E-state index in [4.69, 9.17) is 14.2 Å². The zero-order valence-corrected chi connectivity index (χ0v) is 16.5. The van der Waals surface area contributed by atoms with E-state index >= 15 is 0 Å². The maximum absolute atomic E-state index is 12.9. The lowest BCUT2D eigenvalue weighted by molar-refractivity contribution is 0.0131. The van der Waals surface area contributed by atoms with Crippen LogP contribution in [0.5, 0.6) is 11.5 Å². The minimum atomic E-state index is -0.541. The van der Waals surface area contributed by atoms with Gasteiger partial charge in [0, 0.05) is 25.7 Å². The van der Waals surface area contributed by atoms with Crippen molar-refractivity contribution in [2.45, 2.75) is 45.3 Å². The van der Waals surface area contributed by atoms with Crippen molar-refractivity contribution in [1.82, 2.24) is 9.80 Å². The Hall–Kier alpha value is -2.44. The third-order valence-corrected chi connectivity index (χ3v) is 4.70. The van der Waals surface area contributed by atoms with Crippen LogP contribution in [0.4, 0.5) is 4.79 Å². The normalized spacial score (nSPS) is 19.4. The Morgan fingerprint density at radius 1 is 1.19 bits per heavy atom. The molecule has 1 aromatic carbocycles. The molecule has 0 bridgehead atoms. The SMILES string of the molecule is CN(C(=O)OC(C)(C)C)C1CCCN(C(=O)c2ccc3c(c2)OCCO3)C1. The predicted octanol–water partition coefficient (Wildman–Crippen LogP) is 2.93. The molecule has 0 radical (unpaired) electrons. The van der Waals surface area contributed by atoms with E-state index in [2.05, 4.69) is 0 Å². The van der Waals surface area contributed by atoms with Crippen LogP contribution in [-0.4, -0.2) is 66.8 Å². The molecule has 0 aliphatic carbocycles. The van der Waals surface area contributed by atoms with Crippen LogP contribution in [0.25, 0.3) is 0 Å². The minimum Gasteiger partial charge on any atom is -0.486 e. The quantitative estimate of drug-likeness (QED) is 0.794. The summed E-state index contributed by atoms with van der Waals surface area (Å²) in [5.74, 6) is 1.21. The third-order valence-electron chi connectivity index (χ3n) is 4.70. The van der Waals surface area contributed by atoms with Crippen molar-refractivity contribution < 1.29 is 23.8 Å². The second kappa shape index (κ2) is 7.66. The zero-order chi connectivity index (χ0) is 19.6. The van der Waals surface area contributed by atoms with Gasteiger partial charge in [-0.3, -0.25) is 4.79 Å². The molecule has 0 N–H and O–H groups in total. The third kappa shape index (κ3) is 4.64. The largest absolute Gasteiger partial charge is 0.486 e. The Morgan fingerprint density at radius 3 is 2.59 bits per heavy atom. The molecule has 2 aliphatic rings. The van der Waals surface area contributed by atoms with Crippen LogP contribution in [0.3, 0.4) is 0 Å². The highest BCUT2D eigenvalue weighted by Gasteiger charge is 2.31. The van der Waals surface area contributed by atoms with Crippen molar-refractivity contribution in [1.29, 1.82) is 0 Å². The fourth-order valence-electron chi connectivity index (χ4n) is 3.30. The maximum Gasteiger partial charge on any atom is 0.410 e. The number of benzene rings is 1. The predicted molar refractivity (Wildman–Crippen MR) is 100 cm³/mol. The highest BCUT2D eigenvalue weighted by molar-refractivity contribution is 5.95. The van der Waals surface area contributed by atoms with Crippen LogP contribution in [0, 0.1) is 0 Å². The molecule has 1 unspecified atom stereocenters. The first-order chi connectivity index (χ1) is 12.7. The van der Waals surface area contributed by atoms with Gasteiger partial charge in [-0.2, -0.15) is 0 Å². The fourth-order valence-corrected chi connectivity index (χ4v) is 3.30. The number of hydrogen-bond donors (Lipinski definition) is 0. The standard InChI is InChI=1S/C20H28N2O5/c1-20(2,3)27-19(24)21(4)15-6-5-9-22(13-15)18(23)14-7-8-16-17(12-14)26-11-10-25-16/h7-8,12,15H,5-6,9-11,13H2,1-4H3. The van der Waals surface area contributed by atoms with E-state index in [-0.39, 0.29) is 18.0 Å². The molecular weight excluding hydrogens is 348 g/mol. The molecule has 7 nitrogen and oxygen atoms in total. The molecule has 1 aromatic rings. The van der Waals surface area contributed by atoms with Crippen LogP contribution in [0.2, 0.25) is 0 Å². The van der Waals surface area contributed by atoms with Gasteiger partial charge in [0.15, 0.2) is 11.5 Å². The molecular formula is C20H28N2O5. The van der Waals surface area contributed by atoms with Crippen LogP contribution in [-0.2, 0) is 4.74 Å². The molecule has 1 saturated heterocycles. The van der Waals surface area contributed by atoms with E-state index in [0.29, 0.717) is 43.4 Å². The lowest BCUT2D eigenvalue weighted by Gasteiger charge is -2.38. The minimum absolute atomic E-state index is 0.0604. The van der Waals surface area contributed by atoms with Crippen molar-refractivity contribution in [3.05, 3.63) is 23.8 Å². The van der Waals surface area contributed by atoms with E-state index in [1.807, 2.05) is 20.8 Å². The number of carbonyl (C=O) groups excluding carboxylic acids is 2. The number of fused-ring (bicyclic) bond motifs is 1. The number of likely N-dealkylation sites (N-methyl/N-ethyl adjacent to an activating group) is 1. The van der Waals surface area contributed by atoms with Crippen molar-refractivity contribution in [3.63, 3.8) is 0 Å². The number of piperidine rings is 1. The number of hydrogen-bond acceptors (Lipinski definition) is 5. The van der Waals surface area contributed by atoms with E-state index in [1.165, 1.54) is 0 Å². The van der Waals surface area contributed by atoms with Gasteiger partial charge in [0.2, 0.25) is 0 Å². The first-order valence-electron chi connectivity index (χ1n) is 9.39. The van der Waals surface area contributed by atoms with E-state index in [0.717, 1.165) is 12.8 Å². The van der Waals surface area contributed by atoms with E-state index in [1.54, 1.807) is 35.0 Å². The summed E-state index contributed by atoms with van der Waals surface area (Å²) in [7, 11) is 1.73. The van der Waals surface area contributed by atoms with Gasteiger partial charge in [-0.05, 0) is 51.8 Å². The van der Waals surface area contributed by atoms with Gasteiger partial charge in [-0.1, -0.05) is 0 Å². The molecule has 0 aromatic heterocycles. The van der Waals surface area contributed by atoms with Gasteiger partial charge in [-0.15, -0.1) is 0 Å². The van der Waals surface area contributed by atoms with Gasteiger partial charge in [0.1, 0.15) is 18.8 Å². The van der Waals surface area contributed by atoms with Crippen LogP contribution in [0.1, 0.15) is 44.0 Å². The fraction of sp³-hybridized carbons (Fsp3) is 0.600. The maximum atomic E-state index is 12.9. The molecule has 148 valence electrons. The van der Waals surface area contributed by atoms with Crippen molar-refractivity contribution in [2.24, 2.45) is 0 Å². The zero-order valence-electron chi connectivity index (χ0n) is 16.5. The molecule has 0 saturated carbocycles. The first kappa shape index (κ1) is 19.3. The van der Waals surface area contributed by atoms with Crippen LogP contribution >= 0.6 is 0 Å². The molecule has 2 aliphatic heterocycles. The molecule has 27 heavy (non-hydrogen) atoms. The van der Waals surface area contributed by atoms with Crippen molar-refractivity contribution in [3.8, 4) is 11.5 Å². The molecule has 1 atom stereocenters. The van der Waals surface area contributed by atoms with Gasteiger partial charge >= 0.3 is 6.09 Å². The molecule has 7 heteroatoms. The Balaban J connectivity index is 1.67. The van der Waals surface area contributed by atoms with Gasteiger partial charge in [-0.25, -0.2) is 4.79 Å². The Bertz CT molecular complexity index is 713. The van der Waals surface area contributed by atoms with Gasteiger partial charge in [0.25, 0.3) is 5.91 Å². The highest BCUT2D eigenvalue weighted by Crippen LogP contribution is 2.31. The number of nitrogens with zero attached hydrogens (tertiary/aromatic N) is 2. The number of ether oxygens (including phenoxy) is 3. The lowest BCUT2D eigenvalue weighted by atomic mass is 10.0. The second-order valence-electron chi connectivity index (χ2n) is 8.00. The Morgan fingerprint density at radius 2 is 1.89 bits per heavy atom. The monoisotopic (exact) mass is 376 g/mol. The van der Waals surface area contributed by atoms with Crippen molar-refractivity contribution >= 4 is 12.0 Å². The van der Waals surface area contributed by atoms with E-state index < -0.39 is 5.60 Å². The average Bonchev–Trinajstić information content (AvgIpc) is 2.65. The second-order valence-corrected chi connectivity index (χ2v) is 8.00. The molecule has 3 rings (SSSR count). The van der Waals surface area contributed by atoms with Gasteiger partial charge in [0.05, 0.1) is 6.04 Å². The smallest absolute Gasteiger partial charge is 0.410 e. The number of carbonyl (C=O) groups is 2. The summed E-state index contributed by atoms with van der Waals surface area (Å²) in [5.41, 5.74) is 0.0283. The molecule has 2 heterocycles. The Kier molecular flexibility index (Phi) is 5.48. The molecule has 1 fully saturated rings. The van der Waals surface area contributed by atoms with Crippen LogP contribution < -0.4 is 9.47 Å². The summed E-state index contributed by atoms with van der Waals surface area (Å²) in [5, 5.41) is 0. The molecule has 2 amide bonds. The Labute approximate surface area is 160 Å². The number of likely N-dealkylation sites (tertiary alicyclic amines) is 1. The summed E-state index contributed by atoms with van der Waals surface area (Å²) in [6, 6.07) is 5.21. The summed E-state index contributed by atoms with van der Waals surface area (Å²) >= 11 is 0. The average molecular weight is 376 g/mol. The van der Waals surface area contributed by atoms with Gasteiger partial charge < -0.3 is 24.0 Å². The highest BCUT2D eigenvalue weighted by atomic mass is 16.6. The van der Waals surface area contributed by atoms with Crippen molar-refractivity contribution in [2.75, 3.05) is 33.4 Å². The number of amides is 2. The summed E-state index contributed by atoms with van der Waals surface area (Å²) in [6.45, 7) is 7.70. The van der Waals surface area contributed by atoms with E-state index in [9.17, 15) is 9.59 Å². The number of rotatable bonds is 2. The summed E-state index contributed by atoms with van der Waals surface area (Å²) in [6.07, 6.45) is 1.33.